The standard InChI is InChI=1S/C18H17NO3/c1-12-15-10-14(22-2)8-9-16(15)19(17(12)18(20)21)11-13-6-4-3-5-7-13/h3-10H,11H2,1-2H3,(H,20,21). The highest BCUT2D eigenvalue weighted by molar-refractivity contribution is 5.98. The smallest absolute Gasteiger partial charge is 0.352 e. The summed E-state index contributed by atoms with van der Waals surface area (Å²) in [5.74, 6) is -0.187. The van der Waals surface area contributed by atoms with Crippen LogP contribution in [-0.4, -0.2) is 22.8 Å². The van der Waals surface area contributed by atoms with Crippen molar-refractivity contribution < 1.29 is 14.6 Å². The van der Waals surface area contributed by atoms with Crippen LogP contribution in [0.2, 0.25) is 0 Å². The normalized spacial score (nSPS) is 10.8. The summed E-state index contributed by atoms with van der Waals surface area (Å²) in [6.45, 7) is 2.37. The summed E-state index contributed by atoms with van der Waals surface area (Å²) in [6, 6.07) is 15.5. The maximum Gasteiger partial charge on any atom is 0.352 e. The van der Waals surface area contributed by atoms with E-state index in [0.717, 1.165) is 27.8 Å². The van der Waals surface area contributed by atoms with E-state index in [1.807, 2.05) is 60.0 Å². The Labute approximate surface area is 128 Å². The molecule has 0 bridgehead atoms. The molecule has 0 atom stereocenters. The van der Waals surface area contributed by atoms with Gasteiger partial charge in [0.15, 0.2) is 0 Å². The van der Waals surface area contributed by atoms with E-state index >= 15 is 0 Å². The Bertz CT molecular complexity index is 834. The van der Waals surface area contributed by atoms with Crippen molar-refractivity contribution in [2.24, 2.45) is 0 Å². The predicted molar refractivity (Wildman–Crippen MR) is 85.7 cm³/mol. The predicted octanol–water partition coefficient (Wildman–Crippen LogP) is 3.70. The molecule has 0 aliphatic rings. The topological polar surface area (TPSA) is 51.5 Å². The van der Waals surface area contributed by atoms with Gasteiger partial charge in [0, 0.05) is 17.4 Å². The summed E-state index contributed by atoms with van der Waals surface area (Å²) in [6.07, 6.45) is 0. The lowest BCUT2D eigenvalue weighted by atomic mass is 10.1. The number of aryl methyl sites for hydroxylation is 1. The fraction of sp³-hybridized carbons (Fsp3) is 0.167. The minimum atomic E-state index is -0.913. The van der Waals surface area contributed by atoms with Crippen LogP contribution in [0.25, 0.3) is 10.9 Å². The van der Waals surface area contributed by atoms with Crippen molar-refractivity contribution in [1.29, 1.82) is 0 Å². The van der Waals surface area contributed by atoms with Crippen LogP contribution >= 0.6 is 0 Å². The second-order valence-corrected chi connectivity index (χ2v) is 5.23. The third kappa shape index (κ3) is 2.33. The quantitative estimate of drug-likeness (QED) is 0.798. The number of benzene rings is 2. The molecule has 4 heteroatoms. The molecule has 0 fully saturated rings. The minimum absolute atomic E-state index is 0.326. The van der Waals surface area contributed by atoms with Crippen LogP contribution in [-0.2, 0) is 6.54 Å². The first-order valence-electron chi connectivity index (χ1n) is 7.06. The van der Waals surface area contributed by atoms with Gasteiger partial charge in [-0.15, -0.1) is 0 Å². The van der Waals surface area contributed by atoms with Gasteiger partial charge >= 0.3 is 5.97 Å². The molecule has 3 aromatic rings. The highest BCUT2D eigenvalue weighted by atomic mass is 16.5. The number of nitrogens with zero attached hydrogens (tertiary/aromatic N) is 1. The van der Waals surface area contributed by atoms with Crippen molar-refractivity contribution in [2.75, 3.05) is 7.11 Å². The molecule has 0 aliphatic heterocycles. The van der Waals surface area contributed by atoms with Gasteiger partial charge in [0.25, 0.3) is 0 Å². The summed E-state index contributed by atoms with van der Waals surface area (Å²) >= 11 is 0. The number of aromatic nitrogens is 1. The molecule has 112 valence electrons. The molecule has 0 unspecified atom stereocenters. The van der Waals surface area contributed by atoms with E-state index < -0.39 is 5.97 Å². The second-order valence-electron chi connectivity index (χ2n) is 5.23. The Balaban J connectivity index is 2.22. The average Bonchev–Trinajstić information content (AvgIpc) is 2.80. The lowest BCUT2D eigenvalue weighted by molar-refractivity contribution is 0.0685. The Morgan fingerprint density at radius 3 is 2.55 bits per heavy atom. The van der Waals surface area contributed by atoms with Crippen LogP contribution in [0.5, 0.6) is 5.75 Å². The first kappa shape index (κ1) is 14.2. The van der Waals surface area contributed by atoms with Gasteiger partial charge in [0.05, 0.1) is 7.11 Å². The first-order chi connectivity index (χ1) is 10.6. The zero-order valence-electron chi connectivity index (χ0n) is 12.5. The first-order valence-corrected chi connectivity index (χ1v) is 7.06. The third-order valence-corrected chi connectivity index (χ3v) is 3.91. The summed E-state index contributed by atoms with van der Waals surface area (Å²) in [4.78, 5) is 11.7. The van der Waals surface area contributed by atoms with E-state index in [1.54, 1.807) is 7.11 Å². The molecule has 1 heterocycles. The van der Waals surface area contributed by atoms with Gasteiger partial charge in [-0.2, -0.15) is 0 Å². The zero-order valence-corrected chi connectivity index (χ0v) is 12.5. The van der Waals surface area contributed by atoms with E-state index in [9.17, 15) is 9.90 Å². The number of methoxy groups -OCH3 is 1. The Morgan fingerprint density at radius 1 is 1.18 bits per heavy atom. The minimum Gasteiger partial charge on any atom is -0.497 e. The largest absolute Gasteiger partial charge is 0.497 e. The van der Waals surface area contributed by atoms with Crippen molar-refractivity contribution >= 4 is 16.9 Å². The fourth-order valence-corrected chi connectivity index (χ4v) is 2.83. The van der Waals surface area contributed by atoms with E-state index in [4.69, 9.17) is 4.74 Å². The van der Waals surface area contributed by atoms with Crippen LogP contribution in [0.4, 0.5) is 0 Å². The number of carbonyl (C=O) groups is 1. The molecule has 0 spiro atoms. The fourth-order valence-electron chi connectivity index (χ4n) is 2.83. The molecule has 2 aromatic carbocycles. The van der Waals surface area contributed by atoms with E-state index in [1.165, 1.54) is 0 Å². The lowest BCUT2D eigenvalue weighted by Gasteiger charge is -2.09. The molecule has 3 rings (SSSR count). The molecule has 0 radical (unpaired) electrons. The monoisotopic (exact) mass is 295 g/mol. The molecular formula is C18H17NO3. The van der Waals surface area contributed by atoms with Crippen LogP contribution < -0.4 is 4.74 Å². The lowest BCUT2D eigenvalue weighted by Crippen LogP contribution is -2.10. The van der Waals surface area contributed by atoms with Gasteiger partial charge < -0.3 is 14.4 Å². The van der Waals surface area contributed by atoms with Crippen molar-refractivity contribution in [1.82, 2.24) is 4.57 Å². The average molecular weight is 295 g/mol. The maximum absolute atomic E-state index is 11.7. The molecular weight excluding hydrogens is 278 g/mol. The molecule has 0 amide bonds. The summed E-state index contributed by atoms with van der Waals surface area (Å²) in [7, 11) is 1.61. The molecule has 0 aliphatic carbocycles. The second kappa shape index (κ2) is 5.56. The van der Waals surface area contributed by atoms with Crippen LogP contribution in [0.15, 0.2) is 48.5 Å². The van der Waals surface area contributed by atoms with Crippen molar-refractivity contribution in [3.8, 4) is 5.75 Å². The van der Waals surface area contributed by atoms with Crippen molar-refractivity contribution in [3.63, 3.8) is 0 Å². The number of carboxylic acids is 1. The van der Waals surface area contributed by atoms with E-state index in [2.05, 4.69) is 0 Å². The summed E-state index contributed by atoms with van der Waals surface area (Å²) < 4.78 is 7.10. The van der Waals surface area contributed by atoms with Gasteiger partial charge in [0.1, 0.15) is 11.4 Å². The number of carboxylic acid groups (broad SMARTS) is 1. The number of hydrogen-bond acceptors (Lipinski definition) is 2. The molecule has 0 saturated carbocycles. The van der Waals surface area contributed by atoms with Crippen LogP contribution in [0.3, 0.4) is 0 Å². The molecule has 1 N–H and O–H groups in total. The van der Waals surface area contributed by atoms with Gasteiger partial charge in [-0.1, -0.05) is 30.3 Å². The number of rotatable bonds is 4. The number of fused-ring (bicyclic) bond motifs is 1. The summed E-state index contributed by atoms with van der Waals surface area (Å²) in [5.41, 5.74) is 3.06. The number of hydrogen-bond donors (Lipinski definition) is 1. The molecule has 0 saturated heterocycles. The molecule has 4 nitrogen and oxygen atoms in total. The third-order valence-electron chi connectivity index (χ3n) is 3.91. The maximum atomic E-state index is 11.7. The Morgan fingerprint density at radius 2 is 1.91 bits per heavy atom. The Hall–Kier alpha value is -2.75. The molecule has 1 aromatic heterocycles. The van der Waals surface area contributed by atoms with Gasteiger partial charge in [-0.25, -0.2) is 4.79 Å². The van der Waals surface area contributed by atoms with Crippen LogP contribution in [0.1, 0.15) is 21.6 Å². The van der Waals surface area contributed by atoms with Gasteiger partial charge in [0.2, 0.25) is 0 Å². The highest BCUT2D eigenvalue weighted by Gasteiger charge is 2.20. The number of ether oxygens (including phenoxy) is 1. The zero-order chi connectivity index (χ0) is 15.7. The van der Waals surface area contributed by atoms with Gasteiger partial charge in [-0.3, -0.25) is 0 Å². The van der Waals surface area contributed by atoms with E-state index in [-0.39, 0.29) is 0 Å². The van der Waals surface area contributed by atoms with E-state index in [0.29, 0.717) is 12.2 Å². The molecule has 22 heavy (non-hydrogen) atoms. The summed E-state index contributed by atoms with van der Waals surface area (Å²) in [5, 5.41) is 10.5. The highest BCUT2D eigenvalue weighted by Crippen LogP contribution is 2.30. The van der Waals surface area contributed by atoms with Crippen LogP contribution in [0, 0.1) is 6.92 Å². The van der Waals surface area contributed by atoms with Crippen molar-refractivity contribution in [3.05, 3.63) is 65.4 Å². The SMILES string of the molecule is COc1ccc2c(c1)c(C)c(C(=O)O)n2Cc1ccccc1. The number of aromatic carboxylic acids is 1. The van der Waals surface area contributed by atoms with Gasteiger partial charge in [-0.05, 0) is 36.2 Å². The van der Waals surface area contributed by atoms with Crippen molar-refractivity contribution in [2.45, 2.75) is 13.5 Å². The Kier molecular flexibility index (Phi) is 3.59.